The van der Waals surface area contributed by atoms with Crippen LogP contribution in [0.25, 0.3) is 0 Å². The molecule has 1 aliphatic heterocycles. The van der Waals surface area contributed by atoms with E-state index < -0.39 is 9.84 Å². The number of aromatic nitrogens is 1. The van der Waals surface area contributed by atoms with Crippen LogP contribution in [-0.2, 0) is 14.6 Å². The van der Waals surface area contributed by atoms with Gasteiger partial charge in [-0.2, -0.15) is 0 Å². The van der Waals surface area contributed by atoms with Crippen LogP contribution in [0.4, 0.5) is 0 Å². The lowest BCUT2D eigenvalue weighted by Crippen LogP contribution is -2.45. The molecule has 1 aliphatic carbocycles. The Bertz CT molecular complexity index is 572. The first kappa shape index (κ1) is 14.9. The van der Waals surface area contributed by atoms with Crippen molar-refractivity contribution in [3.63, 3.8) is 0 Å². The Balaban J connectivity index is 1.78. The normalized spacial score (nSPS) is 30.0. The summed E-state index contributed by atoms with van der Waals surface area (Å²) in [5.41, 5.74) is 1.00. The molecule has 3 unspecified atom stereocenters. The van der Waals surface area contributed by atoms with Gasteiger partial charge in [0.2, 0.25) is 0 Å². The summed E-state index contributed by atoms with van der Waals surface area (Å²) in [6, 6.07) is 5.87. The first-order chi connectivity index (χ1) is 10.1. The number of sulfone groups is 1. The van der Waals surface area contributed by atoms with Gasteiger partial charge in [0.25, 0.3) is 0 Å². The Kier molecular flexibility index (Phi) is 4.28. The zero-order valence-electron chi connectivity index (χ0n) is 12.2. The van der Waals surface area contributed by atoms with E-state index in [1.165, 1.54) is 19.3 Å². The second kappa shape index (κ2) is 6.02. The zero-order valence-corrected chi connectivity index (χ0v) is 13.1. The standard InChI is InChI=1S/C15H22N2O3S/c1-20-14-10-21(18,19)9-13(14)17-15(11-5-4-6-11)12-7-2-3-8-16-12/h2-3,7-8,11,13-15,17H,4-6,9-10H2,1H3. The predicted molar refractivity (Wildman–Crippen MR) is 80.7 cm³/mol. The van der Waals surface area contributed by atoms with E-state index in [0.29, 0.717) is 5.92 Å². The fourth-order valence-corrected chi connectivity index (χ4v) is 5.09. The van der Waals surface area contributed by atoms with Gasteiger partial charge in [-0.25, -0.2) is 8.42 Å². The fourth-order valence-electron chi connectivity index (χ4n) is 3.23. The minimum absolute atomic E-state index is 0.112. The third-order valence-corrected chi connectivity index (χ3v) is 6.33. The lowest BCUT2D eigenvalue weighted by molar-refractivity contribution is 0.0851. The molecule has 2 fully saturated rings. The van der Waals surface area contributed by atoms with Gasteiger partial charge >= 0.3 is 0 Å². The van der Waals surface area contributed by atoms with Crippen LogP contribution in [-0.4, -0.2) is 44.2 Å². The lowest BCUT2D eigenvalue weighted by Gasteiger charge is -2.36. The monoisotopic (exact) mass is 310 g/mol. The van der Waals surface area contributed by atoms with E-state index in [4.69, 9.17) is 4.74 Å². The smallest absolute Gasteiger partial charge is 0.154 e. The summed E-state index contributed by atoms with van der Waals surface area (Å²) in [5.74, 6) is 0.809. The van der Waals surface area contributed by atoms with Gasteiger partial charge in [0.1, 0.15) is 0 Å². The summed E-state index contributed by atoms with van der Waals surface area (Å²) < 4.78 is 29.1. The van der Waals surface area contributed by atoms with Crippen molar-refractivity contribution in [1.82, 2.24) is 10.3 Å². The summed E-state index contributed by atoms with van der Waals surface area (Å²) in [7, 11) is -1.42. The van der Waals surface area contributed by atoms with Crippen molar-refractivity contribution in [2.24, 2.45) is 5.92 Å². The third-order valence-electron chi connectivity index (χ3n) is 4.62. The summed E-state index contributed by atoms with van der Waals surface area (Å²) in [4.78, 5) is 4.46. The van der Waals surface area contributed by atoms with Gasteiger partial charge < -0.3 is 10.1 Å². The Morgan fingerprint density at radius 3 is 2.71 bits per heavy atom. The number of pyridine rings is 1. The van der Waals surface area contributed by atoms with Crippen molar-refractivity contribution in [2.75, 3.05) is 18.6 Å². The van der Waals surface area contributed by atoms with Gasteiger partial charge in [0.05, 0.1) is 29.3 Å². The van der Waals surface area contributed by atoms with Gasteiger partial charge in [0, 0.05) is 19.3 Å². The number of methoxy groups -OCH3 is 1. The summed E-state index contributed by atoms with van der Waals surface area (Å²) in [5, 5.41) is 3.52. The van der Waals surface area contributed by atoms with Gasteiger partial charge in [0.15, 0.2) is 9.84 Å². The molecule has 5 nitrogen and oxygen atoms in total. The maximum Gasteiger partial charge on any atom is 0.154 e. The van der Waals surface area contributed by atoms with Crippen LogP contribution < -0.4 is 5.32 Å². The number of hydrogen-bond donors (Lipinski definition) is 1. The van der Waals surface area contributed by atoms with Crippen LogP contribution in [0.15, 0.2) is 24.4 Å². The molecule has 1 saturated heterocycles. The van der Waals surface area contributed by atoms with E-state index in [1.54, 1.807) is 13.3 Å². The minimum Gasteiger partial charge on any atom is -0.379 e. The highest BCUT2D eigenvalue weighted by molar-refractivity contribution is 7.91. The molecule has 3 atom stereocenters. The molecule has 2 aliphatic rings. The van der Waals surface area contributed by atoms with Crippen LogP contribution in [0.2, 0.25) is 0 Å². The van der Waals surface area contributed by atoms with E-state index in [2.05, 4.69) is 10.3 Å². The van der Waals surface area contributed by atoms with E-state index in [-0.39, 0.29) is 29.7 Å². The zero-order chi connectivity index (χ0) is 14.9. The van der Waals surface area contributed by atoms with Crippen LogP contribution in [0, 0.1) is 5.92 Å². The van der Waals surface area contributed by atoms with Crippen molar-refractivity contribution in [3.05, 3.63) is 30.1 Å². The average Bonchev–Trinajstić information content (AvgIpc) is 2.71. The number of nitrogens with zero attached hydrogens (tertiary/aromatic N) is 1. The topological polar surface area (TPSA) is 68.3 Å². The molecule has 116 valence electrons. The van der Waals surface area contributed by atoms with Crippen molar-refractivity contribution in [3.8, 4) is 0 Å². The van der Waals surface area contributed by atoms with Crippen molar-refractivity contribution < 1.29 is 13.2 Å². The molecule has 0 aromatic carbocycles. The molecule has 0 amide bonds. The van der Waals surface area contributed by atoms with E-state index in [0.717, 1.165) is 5.69 Å². The molecule has 0 bridgehead atoms. The highest BCUT2D eigenvalue weighted by Gasteiger charge is 2.41. The van der Waals surface area contributed by atoms with Crippen LogP contribution >= 0.6 is 0 Å². The molecular weight excluding hydrogens is 288 g/mol. The Labute approximate surface area is 126 Å². The van der Waals surface area contributed by atoms with Gasteiger partial charge in [-0.3, -0.25) is 4.98 Å². The molecule has 21 heavy (non-hydrogen) atoms. The SMILES string of the molecule is COC1CS(=O)(=O)CC1NC(c1ccccn1)C1CCC1. The fraction of sp³-hybridized carbons (Fsp3) is 0.667. The molecule has 0 spiro atoms. The molecule has 2 heterocycles. The first-order valence-corrected chi connectivity index (χ1v) is 9.31. The summed E-state index contributed by atoms with van der Waals surface area (Å²) >= 11 is 0. The van der Waals surface area contributed by atoms with Crippen LogP contribution in [0.1, 0.15) is 31.0 Å². The highest BCUT2D eigenvalue weighted by atomic mass is 32.2. The maximum atomic E-state index is 11.8. The summed E-state index contributed by atoms with van der Waals surface area (Å²) in [6.45, 7) is 0. The molecule has 3 rings (SSSR count). The van der Waals surface area contributed by atoms with Gasteiger partial charge in [-0.15, -0.1) is 0 Å². The molecule has 1 N–H and O–H groups in total. The summed E-state index contributed by atoms with van der Waals surface area (Å²) in [6.07, 6.45) is 5.12. The Hall–Kier alpha value is -0.980. The molecule has 6 heteroatoms. The molecular formula is C15H22N2O3S. The minimum atomic E-state index is -3.01. The molecule has 0 radical (unpaired) electrons. The van der Waals surface area contributed by atoms with Crippen LogP contribution in [0.3, 0.4) is 0 Å². The number of nitrogens with one attached hydrogen (secondary N) is 1. The Morgan fingerprint density at radius 2 is 2.14 bits per heavy atom. The number of rotatable bonds is 5. The quantitative estimate of drug-likeness (QED) is 0.888. The third kappa shape index (κ3) is 3.27. The number of ether oxygens (including phenoxy) is 1. The predicted octanol–water partition coefficient (Wildman–Crippen LogP) is 1.32. The lowest BCUT2D eigenvalue weighted by atomic mass is 9.78. The highest BCUT2D eigenvalue weighted by Crippen LogP contribution is 2.38. The average molecular weight is 310 g/mol. The van der Waals surface area contributed by atoms with E-state index >= 15 is 0 Å². The second-order valence-electron chi connectivity index (χ2n) is 6.05. The van der Waals surface area contributed by atoms with Gasteiger partial charge in [-0.1, -0.05) is 12.5 Å². The van der Waals surface area contributed by atoms with Crippen molar-refractivity contribution in [2.45, 2.75) is 37.5 Å². The van der Waals surface area contributed by atoms with Crippen LogP contribution in [0.5, 0.6) is 0 Å². The van der Waals surface area contributed by atoms with E-state index in [1.807, 2.05) is 18.2 Å². The largest absolute Gasteiger partial charge is 0.379 e. The second-order valence-corrected chi connectivity index (χ2v) is 8.20. The molecule has 1 saturated carbocycles. The number of hydrogen-bond acceptors (Lipinski definition) is 5. The van der Waals surface area contributed by atoms with Gasteiger partial charge in [-0.05, 0) is 30.9 Å². The maximum absolute atomic E-state index is 11.8. The van der Waals surface area contributed by atoms with Crippen molar-refractivity contribution >= 4 is 9.84 Å². The first-order valence-electron chi connectivity index (χ1n) is 7.49. The van der Waals surface area contributed by atoms with Crippen molar-refractivity contribution in [1.29, 1.82) is 0 Å². The molecule has 1 aromatic rings. The van der Waals surface area contributed by atoms with E-state index in [9.17, 15) is 8.42 Å². The molecule has 1 aromatic heterocycles. The Morgan fingerprint density at radius 1 is 1.33 bits per heavy atom.